The third kappa shape index (κ3) is 3.14. The van der Waals surface area contributed by atoms with E-state index >= 15 is 0 Å². The van der Waals surface area contributed by atoms with Gasteiger partial charge in [0.2, 0.25) is 0 Å². The maximum Gasteiger partial charge on any atom is 0.0933 e. The molecule has 1 fully saturated rings. The van der Waals surface area contributed by atoms with E-state index in [0.29, 0.717) is 24.9 Å². The van der Waals surface area contributed by atoms with Crippen LogP contribution in [0.3, 0.4) is 0 Å². The summed E-state index contributed by atoms with van der Waals surface area (Å²) in [6, 6.07) is 5.83. The number of halogens is 1. The molecule has 3 N–H and O–H groups in total. The lowest BCUT2D eigenvalue weighted by molar-refractivity contribution is -0.0805. The highest BCUT2D eigenvalue weighted by Crippen LogP contribution is 2.23. The van der Waals surface area contributed by atoms with Crippen molar-refractivity contribution < 1.29 is 9.84 Å². The Balaban J connectivity index is 2.09. The summed E-state index contributed by atoms with van der Waals surface area (Å²) in [5.74, 6) is 0. The molecule has 0 aromatic heterocycles. The van der Waals surface area contributed by atoms with E-state index in [-0.39, 0.29) is 12.7 Å². The molecule has 2 unspecified atom stereocenters. The molecule has 0 amide bonds. The maximum absolute atomic E-state index is 9.16. The summed E-state index contributed by atoms with van der Waals surface area (Å²) in [5, 5.41) is 9.89. The van der Waals surface area contributed by atoms with Crippen molar-refractivity contribution in [1.82, 2.24) is 4.90 Å². The molecule has 0 bridgehead atoms. The Morgan fingerprint density at radius 2 is 2.33 bits per heavy atom. The van der Waals surface area contributed by atoms with Gasteiger partial charge < -0.3 is 15.6 Å². The fourth-order valence-corrected chi connectivity index (χ4v) is 2.32. The van der Waals surface area contributed by atoms with Crippen LogP contribution in [-0.2, 0) is 11.3 Å². The Hall–Kier alpha value is -0.810. The zero-order valence-electron chi connectivity index (χ0n) is 10.5. The number of rotatable bonds is 3. The molecule has 0 aliphatic carbocycles. The lowest BCUT2D eigenvalue weighted by atomic mass is 10.1. The second kappa shape index (κ2) is 5.89. The first-order valence-corrected chi connectivity index (χ1v) is 6.48. The molecular weight excluding hydrogens is 252 g/mol. The third-order valence-electron chi connectivity index (χ3n) is 3.28. The van der Waals surface area contributed by atoms with Crippen molar-refractivity contribution in [2.45, 2.75) is 25.6 Å². The quantitative estimate of drug-likeness (QED) is 0.818. The molecule has 0 radical (unpaired) electrons. The molecule has 1 aliphatic heterocycles. The van der Waals surface area contributed by atoms with Gasteiger partial charge in [-0.25, -0.2) is 0 Å². The summed E-state index contributed by atoms with van der Waals surface area (Å²) in [6.45, 7) is 4.22. The van der Waals surface area contributed by atoms with Crippen LogP contribution < -0.4 is 5.73 Å². The minimum Gasteiger partial charge on any atom is -0.399 e. The van der Waals surface area contributed by atoms with E-state index in [4.69, 9.17) is 27.2 Å². The number of nitrogens with two attached hydrogens (primary N) is 1. The fourth-order valence-electron chi connectivity index (χ4n) is 2.14. The number of ether oxygens (including phenoxy) is 1. The summed E-state index contributed by atoms with van der Waals surface area (Å²) in [4.78, 5) is 2.26. The summed E-state index contributed by atoms with van der Waals surface area (Å²) < 4.78 is 5.51. The Bertz CT molecular complexity index is 414. The SMILES string of the molecule is CC1COC(CO)CN1Cc1cc(N)ccc1Cl. The summed E-state index contributed by atoms with van der Waals surface area (Å²) in [7, 11) is 0. The van der Waals surface area contributed by atoms with Crippen LogP contribution in [0, 0.1) is 0 Å². The number of morpholine rings is 1. The standard InChI is InChI=1S/C13H19ClN2O2/c1-9-8-18-12(7-17)6-16(9)5-10-4-11(15)2-3-13(10)14/h2-4,9,12,17H,5-8,15H2,1H3. The van der Waals surface area contributed by atoms with E-state index in [2.05, 4.69) is 11.8 Å². The average Bonchev–Trinajstić information content (AvgIpc) is 2.36. The Kier molecular flexibility index (Phi) is 4.45. The van der Waals surface area contributed by atoms with Gasteiger partial charge in [0.05, 0.1) is 19.3 Å². The molecule has 1 aromatic rings. The first kappa shape index (κ1) is 13.6. The molecule has 4 nitrogen and oxygen atoms in total. The van der Waals surface area contributed by atoms with Gasteiger partial charge in [-0.15, -0.1) is 0 Å². The van der Waals surface area contributed by atoms with Crippen molar-refractivity contribution in [3.05, 3.63) is 28.8 Å². The first-order chi connectivity index (χ1) is 8.60. The van der Waals surface area contributed by atoms with Gasteiger partial charge in [0.15, 0.2) is 0 Å². The second-order valence-electron chi connectivity index (χ2n) is 4.77. The highest BCUT2D eigenvalue weighted by atomic mass is 35.5. The van der Waals surface area contributed by atoms with Crippen molar-refractivity contribution in [3.63, 3.8) is 0 Å². The van der Waals surface area contributed by atoms with Gasteiger partial charge >= 0.3 is 0 Å². The Labute approximate surface area is 112 Å². The Morgan fingerprint density at radius 3 is 3.06 bits per heavy atom. The highest BCUT2D eigenvalue weighted by Gasteiger charge is 2.25. The predicted molar refractivity (Wildman–Crippen MR) is 72.6 cm³/mol. The molecular formula is C13H19ClN2O2. The molecule has 100 valence electrons. The molecule has 1 heterocycles. The molecule has 2 rings (SSSR count). The smallest absolute Gasteiger partial charge is 0.0933 e. The molecule has 0 saturated carbocycles. The number of hydrogen-bond acceptors (Lipinski definition) is 4. The highest BCUT2D eigenvalue weighted by molar-refractivity contribution is 6.31. The van der Waals surface area contributed by atoms with E-state index < -0.39 is 0 Å². The summed E-state index contributed by atoms with van der Waals surface area (Å²) >= 11 is 6.17. The zero-order valence-corrected chi connectivity index (χ0v) is 11.2. The van der Waals surface area contributed by atoms with Gasteiger partial charge in [-0.2, -0.15) is 0 Å². The van der Waals surface area contributed by atoms with Gasteiger partial charge in [-0.05, 0) is 30.7 Å². The molecule has 1 saturated heterocycles. The molecule has 1 aromatic carbocycles. The number of nitrogen functional groups attached to an aromatic ring is 1. The lowest BCUT2D eigenvalue weighted by Gasteiger charge is -2.37. The predicted octanol–water partition coefficient (Wildman–Crippen LogP) is 1.50. The van der Waals surface area contributed by atoms with Crippen molar-refractivity contribution in [1.29, 1.82) is 0 Å². The van der Waals surface area contributed by atoms with Gasteiger partial charge in [0.25, 0.3) is 0 Å². The molecule has 5 heteroatoms. The van der Waals surface area contributed by atoms with Crippen LogP contribution >= 0.6 is 11.6 Å². The van der Waals surface area contributed by atoms with Crippen LogP contribution in [0.4, 0.5) is 5.69 Å². The number of aliphatic hydroxyl groups excluding tert-OH is 1. The molecule has 1 aliphatic rings. The average molecular weight is 271 g/mol. The van der Waals surface area contributed by atoms with Crippen LogP contribution in [0.25, 0.3) is 0 Å². The number of hydrogen-bond donors (Lipinski definition) is 2. The number of aliphatic hydroxyl groups is 1. The van der Waals surface area contributed by atoms with E-state index in [9.17, 15) is 0 Å². The van der Waals surface area contributed by atoms with Gasteiger partial charge in [-0.1, -0.05) is 11.6 Å². The summed E-state index contributed by atoms with van der Waals surface area (Å²) in [6.07, 6.45) is -0.110. The van der Waals surface area contributed by atoms with Crippen LogP contribution in [0.2, 0.25) is 5.02 Å². The van der Waals surface area contributed by atoms with Gasteiger partial charge in [-0.3, -0.25) is 4.90 Å². The van der Waals surface area contributed by atoms with Crippen LogP contribution in [0.15, 0.2) is 18.2 Å². The summed E-state index contributed by atoms with van der Waals surface area (Å²) in [5.41, 5.74) is 7.51. The fraction of sp³-hybridized carbons (Fsp3) is 0.538. The second-order valence-corrected chi connectivity index (χ2v) is 5.17. The molecule has 18 heavy (non-hydrogen) atoms. The minimum atomic E-state index is -0.110. The Morgan fingerprint density at radius 1 is 1.56 bits per heavy atom. The van der Waals surface area contributed by atoms with Crippen molar-refractivity contribution in [3.8, 4) is 0 Å². The first-order valence-electron chi connectivity index (χ1n) is 6.10. The third-order valence-corrected chi connectivity index (χ3v) is 3.65. The van der Waals surface area contributed by atoms with Crippen molar-refractivity contribution in [2.75, 3.05) is 25.5 Å². The van der Waals surface area contributed by atoms with E-state index in [1.54, 1.807) is 6.07 Å². The largest absolute Gasteiger partial charge is 0.399 e. The van der Waals surface area contributed by atoms with Gasteiger partial charge in [0, 0.05) is 29.8 Å². The number of anilines is 1. The monoisotopic (exact) mass is 270 g/mol. The maximum atomic E-state index is 9.16. The van der Waals surface area contributed by atoms with Crippen LogP contribution in [0.1, 0.15) is 12.5 Å². The lowest BCUT2D eigenvalue weighted by Crippen LogP contribution is -2.48. The number of nitrogens with zero attached hydrogens (tertiary/aromatic N) is 1. The van der Waals surface area contributed by atoms with Crippen LogP contribution in [-0.4, -0.2) is 41.9 Å². The molecule has 2 atom stereocenters. The molecule has 0 spiro atoms. The van der Waals surface area contributed by atoms with Gasteiger partial charge in [0.1, 0.15) is 0 Å². The van der Waals surface area contributed by atoms with Crippen molar-refractivity contribution >= 4 is 17.3 Å². The topological polar surface area (TPSA) is 58.7 Å². The van der Waals surface area contributed by atoms with Crippen LogP contribution in [0.5, 0.6) is 0 Å². The zero-order chi connectivity index (χ0) is 13.1. The number of benzene rings is 1. The van der Waals surface area contributed by atoms with Crippen molar-refractivity contribution in [2.24, 2.45) is 0 Å². The van der Waals surface area contributed by atoms with E-state index in [1.165, 1.54) is 0 Å². The van der Waals surface area contributed by atoms with E-state index in [1.807, 2.05) is 12.1 Å². The van der Waals surface area contributed by atoms with E-state index in [0.717, 1.165) is 17.1 Å². The minimum absolute atomic E-state index is 0.0495. The normalized spacial score (nSPS) is 25.3.